The number of hydrogen-bond acceptors (Lipinski definition) is 6. The van der Waals surface area contributed by atoms with Crippen LogP contribution in [0, 0.1) is 6.92 Å². The molecule has 2 aliphatic rings. The van der Waals surface area contributed by atoms with E-state index in [4.69, 9.17) is 14.2 Å². The van der Waals surface area contributed by atoms with Crippen LogP contribution in [0.25, 0.3) is 11.1 Å². The predicted molar refractivity (Wildman–Crippen MR) is 123 cm³/mol. The molecule has 3 aromatic rings. The summed E-state index contributed by atoms with van der Waals surface area (Å²) in [5.74, 6) is -1.27. The smallest absolute Gasteiger partial charge is 0.355 e. The first-order valence-corrected chi connectivity index (χ1v) is 10.7. The van der Waals surface area contributed by atoms with Gasteiger partial charge in [-0.1, -0.05) is 72.3 Å². The molecule has 0 fully saturated rings. The molecule has 0 saturated carbocycles. The van der Waals surface area contributed by atoms with Crippen LogP contribution in [0.15, 0.2) is 84.1 Å². The number of rotatable bonds is 3. The molecule has 2 unspecified atom stereocenters. The van der Waals surface area contributed by atoms with Crippen LogP contribution in [0.5, 0.6) is 0 Å². The standard InChI is InChI=1S/C27H23NO5/c1-16-12-14-17(15-13-16)24-22(26(29)31-2)23(27(30)32-3)28-21-11-7-6-9-19(21)18-8-4-5-10-20(18)25(28)33-24/h4-15,24-25H,1-3H3. The Labute approximate surface area is 192 Å². The molecule has 2 heterocycles. The second-order valence-corrected chi connectivity index (χ2v) is 8.00. The maximum absolute atomic E-state index is 13.2. The van der Waals surface area contributed by atoms with E-state index in [1.807, 2.05) is 79.7 Å². The molecule has 33 heavy (non-hydrogen) atoms. The van der Waals surface area contributed by atoms with Crippen molar-refractivity contribution in [2.24, 2.45) is 0 Å². The van der Waals surface area contributed by atoms with Crippen LogP contribution in [-0.4, -0.2) is 26.2 Å². The van der Waals surface area contributed by atoms with Gasteiger partial charge in [-0.25, -0.2) is 9.59 Å². The minimum absolute atomic E-state index is 0.110. The topological polar surface area (TPSA) is 65.1 Å². The lowest BCUT2D eigenvalue weighted by Gasteiger charge is -2.45. The van der Waals surface area contributed by atoms with Gasteiger partial charge in [-0.3, -0.25) is 0 Å². The van der Waals surface area contributed by atoms with E-state index in [0.29, 0.717) is 0 Å². The number of carbonyl (C=O) groups excluding carboxylic acids is 2. The van der Waals surface area contributed by atoms with E-state index < -0.39 is 24.3 Å². The van der Waals surface area contributed by atoms with Crippen LogP contribution in [-0.2, 0) is 23.8 Å². The Hall–Kier alpha value is -3.90. The molecule has 166 valence electrons. The quantitative estimate of drug-likeness (QED) is 0.542. The molecule has 3 aromatic carbocycles. The number of fused-ring (bicyclic) bond motifs is 6. The maximum Gasteiger partial charge on any atom is 0.355 e. The summed E-state index contributed by atoms with van der Waals surface area (Å²) in [7, 11) is 2.60. The summed E-state index contributed by atoms with van der Waals surface area (Å²) in [6.07, 6.45) is -1.45. The molecule has 2 aliphatic heterocycles. The van der Waals surface area contributed by atoms with Crippen LogP contribution in [0.1, 0.15) is 29.0 Å². The molecule has 0 radical (unpaired) electrons. The van der Waals surface area contributed by atoms with Crippen molar-refractivity contribution >= 4 is 17.6 Å². The van der Waals surface area contributed by atoms with E-state index in [1.54, 1.807) is 4.90 Å². The van der Waals surface area contributed by atoms with E-state index in [-0.39, 0.29) is 11.3 Å². The fraction of sp³-hybridized carbons (Fsp3) is 0.185. The van der Waals surface area contributed by atoms with E-state index >= 15 is 0 Å². The highest BCUT2D eigenvalue weighted by Crippen LogP contribution is 2.52. The Kier molecular flexibility index (Phi) is 5.23. The van der Waals surface area contributed by atoms with Crippen LogP contribution in [0.2, 0.25) is 0 Å². The lowest BCUT2D eigenvalue weighted by atomic mass is 9.88. The van der Waals surface area contributed by atoms with Gasteiger partial charge >= 0.3 is 11.9 Å². The zero-order chi connectivity index (χ0) is 23.1. The summed E-state index contributed by atoms with van der Waals surface area (Å²) in [6.45, 7) is 1.98. The number of aryl methyl sites for hydroxylation is 1. The van der Waals surface area contributed by atoms with E-state index in [1.165, 1.54) is 14.2 Å². The molecular formula is C27H23NO5. The molecule has 0 bridgehead atoms. The summed E-state index contributed by atoms with van der Waals surface area (Å²) in [6, 6.07) is 23.3. The first kappa shape index (κ1) is 21.0. The Balaban J connectivity index is 1.83. The molecular weight excluding hydrogens is 418 g/mol. The van der Waals surface area contributed by atoms with Crippen molar-refractivity contribution in [3.05, 3.63) is 101 Å². The highest BCUT2D eigenvalue weighted by atomic mass is 16.5. The molecule has 0 aromatic heterocycles. The van der Waals surface area contributed by atoms with Crippen LogP contribution < -0.4 is 4.90 Å². The van der Waals surface area contributed by atoms with Crippen molar-refractivity contribution in [3.63, 3.8) is 0 Å². The molecule has 0 aliphatic carbocycles. The summed E-state index contributed by atoms with van der Waals surface area (Å²) in [5, 5.41) is 0. The van der Waals surface area contributed by atoms with Crippen molar-refractivity contribution in [1.82, 2.24) is 0 Å². The third-order valence-electron chi connectivity index (χ3n) is 6.10. The van der Waals surface area contributed by atoms with Gasteiger partial charge in [0.2, 0.25) is 0 Å². The van der Waals surface area contributed by atoms with Crippen LogP contribution in [0.3, 0.4) is 0 Å². The van der Waals surface area contributed by atoms with Gasteiger partial charge in [0.25, 0.3) is 0 Å². The largest absolute Gasteiger partial charge is 0.466 e. The number of hydrogen-bond donors (Lipinski definition) is 0. The van der Waals surface area contributed by atoms with Gasteiger partial charge in [-0.2, -0.15) is 0 Å². The van der Waals surface area contributed by atoms with E-state index in [2.05, 4.69) is 0 Å². The van der Waals surface area contributed by atoms with Crippen molar-refractivity contribution in [2.75, 3.05) is 19.1 Å². The number of nitrogens with zero attached hydrogens (tertiary/aromatic N) is 1. The highest BCUT2D eigenvalue weighted by Gasteiger charge is 2.47. The third-order valence-corrected chi connectivity index (χ3v) is 6.10. The number of benzene rings is 3. The molecule has 6 heteroatoms. The number of methoxy groups -OCH3 is 2. The summed E-state index contributed by atoms with van der Waals surface area (Å²) >= 11 is 0. The summed E-state index contributed by atoms with van der Waals surface area (Å²) in [5.41, 5.74) is 5.66. The summed E-state index contributed by atoms with van der Waals surface area (Å²) < 4.78 is 16.9. The lowest BCUT2D eigenvalue weighted by Crippen LogP contribution is -2.44. The molecule has 6 nitrogen and oxygen atoms in total. The maximum atomic E-state index is 13.2. The number of para-hydroxylation sites is 1. The molecule has 5 rings (SSSR count). The fourth-order valence-corrected chi connectivity index (χ4v) is 4.56. The van der Waals surface area contributed by atoms with Crippen molar-refractivity contribution in [2.45, 2.75) is 19.3 Å². The average Bonchev–Trinajstić information content (AvgIpc) is 2.87. The SMILES string of the molecule is COC(=O)C1=C(C(=O)OC)N2c3ccccc3-c3ccccc3C2OC1c1ccc(C)cc1. The second-order valence-electron chi connectivity index (χ2n) is 8.00. The van der Waals surface area contributed by atoms with Crippen LogP contribution >= 0.6 is 0 Å². The second kappa shape index (κ2) is 8.22. The van der Waals surface area contributed by atoms with Crippen LogP contribution in [0.4, 0.5) is 5.69 Å². The normalized spacial score (nSPS) is 18.7. The average molecular weight is 441 g/mol. The Morgan fingerprint density at radius 2 is 1.45 bits per heavy atom. The zero-order valence-electron chi connectivity index (χ0n) is 18.6. The summed E-state index contributed by atoms with van der Waals surface area (Å²) in [4.78, 5) is 28.1. The van der Waals surface area contributed by atoms with E-state index in [0.717, 1.165) is 33.5 Å². The molecule has 0 amide bonds. The Morgan fingerprint density at radius 1 is 0.818 bits per heavy atom. The van der Waals surface area contributed by atoms with E-state index in [9.17, 15) is 9.59 Å². The molecule has 0 spiro atoms. The van der Waals surface area contributed by atoms with Crippen molar-refractivity contribution in [3.8, 4) is 11.1 Å². The number of anilines is 1. The van der Waals surface area contributed by atoms with Crippen molar-refractivity contribution < 1.29 is 23.8 Å². The van der Waals surface area contributed by atoms with Gasteiger partial charge in [0.15, 0.2) is 6.23 Å². The number of ether oxygens (including phenoxy) is 3. The van der Waals surface area contributed by atoms with Crippen molar-refractivity contribution in [1.29, 1.82) is 0 Å². The zero-order valence-corrected chi connectivity index (χ0v) is 18.6. The number of carbonyl (C=O) groups is 2. The van der Waals surface area contributed by atoms with Gasteiger partial charge in [0.1, 0.15) is 17.4 Å². The first-order chi connectivity index (χ1) is 16.0. The minimum Gasteiger partial charge on any atom is -0.466 e. The monoisotopic (exact) mass is 441 g/mol. The van der Waals surface area contributed by atoms with Gasteiger partial charge in [-0.05, 0) is 24.1 Å². The highest BCUT2D eigenvalue weighted by molar-refractivity contribution is 6.06. The van der Waals surface area contributed by atoms with Gasteiger partial charge in [0.05, 0.1) is 19.9 Å². The van der Waals surface area contributed by atoms with Gasteiger partial charge in [0, 0.05) is 11.1 Å². The lowest BCUT2D eigenvalue weighted by molar-refractivity contribution is -0.143. The first-order valence-electron chi connectivity index (χ1n) is 10.7. The molecule has 0 N–H and O–H groups in total. The number of esters is 2. The molecule has 0 saturated heterocycles. The molecule has 2 atom stereocenters. The Morgan fingerprint density at radius 3 is 2.15 bits per heavy atom. The predicted octanol–water partition coefficient (Wildman–Crippen LogP) is 4.85. The van der Waals surface area contributed by atoms with Gasteiger partial charge < -0.3 is 19.1 Å². The Bertz CT molecular complexity index is 1280. The fourth-order valence-electron chi connectivity index (χ4n) is 4.56. The van der Waals surface area contributed by atoms with Gasteiger partial charge in [-0.15, -0.1) is 0 Å². The third kappa shape index (κ3) is 3.31. The minimum atomic E-state index is -0.813.